The Kier molecular flexibility index (Phi) is 10.2. The standard InChI is InChI=1S/C34H36FN5O5S/c1-2-30(41)40-13-3-4-26(21-40)45-34(42)37-12-14-43-15-16-44-29-19-25(35)7-8-27(29)32-33-28(10-17-46-33)31(38-39-32)23-5-6-24-20-36-11-9-22(24)18-23/h2,5-8,10,17-19,26,36H,1,3-4,9,11-16,20-21H2,(H,37,42). The van der Waals surface area contributed by atoms with Gasteiger partial charge in [0.05, 0.1) is 24.5 Å². The second kappa shape index (κ2) is 14.8. The Hall–Kier alpha value is -4.39. The van der Waals surface area contributed by atoms with Crippen molar-refractivity contribution in [3.8, 4) is 28.3 Å². The van der Waals surface area contributed by atoms with E-state index in [1.807, 2.05) is 11.4 Å². The van der Waals surface area contributed by atoms with Crippen molar-refractivity contribution in [3.63, 3.8) is 0 Å². The topological polar surface area (TPSA) is 115 Å². The van der Waals surface area contributed by atoms with E-state index in [0.29, 0.717) is 36.5 Å². The Morgan fingerprint density at radius 2 is 2.00 bits per heavy atom. The molecule has 2 amide bonds. The number of nitrogens with one attached hydrogen (secondary N) is 2. The van der Waals surface area contributed by atoms with Crippen molar-refractivity contribution in [1.29, 1.82) is 0 Å². The summed E-state index contributed by atoms with van der Waals surface area (Å²) in [4.78, 5) is 25.6. The molecule has 1 atom stereocenters. The zero-order chi connectivity index (χ0) is 31.9. The summed E-state index contributed by atoms with van der Waals surface area (Å²) in [5, 5.41) is 18.3. The van der Waals surface area contributed by atoms with Crippen LogP contribution in [0.3, 0.4) is 0 Å². The fourth-order valence-electron chi connectivity index (χ4n) is 5.80. The summed E-state index contributed by atoms with van der Waals surface area (Å²) in [5.74, 6) is -0.244. The number of amides is 2. The van der Waals surface area contributed by atoms with Crippen LogP contribution >= 0.6 is 11.3 Å². The lowest BCUT2D eigenvalue weighted by molar-refractivity contribution is -0.129. The molecule has 46 heavy (non-hydrogen) atoms. The second-order valence-corrected chi connectivity index (χ2v) is 12.1. The summed E-state index contributed by atoms with van der Waals surface area (Å²) in [7, 11) is 0. The third-order valence-electron chi connectivity index (χ3n) is 8.09. The number of rotatable bonds is 11. The van der Waals surface area contributed by atoms with Crippen LogP contribution in [-0.4, -0.2) is 79.2 Å². The number of hydrogen-bond acceptors (Lipinski definition) is 9. The molecular weight excluding hydrogens is 609 g/mol. The summed E-state index contributed by atoms with van der Waals surface area (Å²) in [6, 6.07) is 12.9. The van der Waals surface area contributed by atoms with Crippen molar-refractivity contribution < 1.29 is 28.2 Å². The number of alkyl carbamates (subject to hydrolysis) is 1. The molecule has 4 aromatic rings. The molecule has 0 aliphatic carbocycles. The van der Waals surface area contributed by atoms with Gasteiger partial charge in [0.2, 0.25) is 5.91 Å². The van der Waals surface area contributed by atoms with Crippen LogP contribution in [-0.2, 0) is 27.2 Å². The molecular formula is C34H36FN5O5S. The molecule has 4 heterocycles. The smallest absolute Gasteiger partial charge is 0.407 e. The fraction of sp³-hybridized carbons (Fsp3) is 0.353. The van der Waals surface area contributed by atoms with E-state index in [1.54, 1.807) is 22.3 Å². The van der Waals surface area contributed by atoms with Gasteiger partial charge in [0, 0.05) is 42.2 Å². The van der Waals surface area contributed by atoms with Crippen molar-refractivity contribution in [2.75, 3.05) is 46.0 Å². The van der Waals surface area contributed by atoms with Crippen LogP contribution in [0.15, 0.2) is 60.5 Å². The number of likely N-dealkylation sites (tertiary alicyclic amines) is 1. The van der Waals surface area contributed by atoms with E-state index in [0.717, 1.165) is 47.3 Å². The number of halogens is 1. The maximum Gasteiger partial charge on any atom is 0.407 e. The van der Waals surface area contributed by atoms with Gasteiger partial charge in [-0.15, -0.1) is 21.5 Å². The Bertz CT molecular complexity index is 1730. The molecule has 2 N–H and O–H groups in total. The number of fused-ring (bicyclic) bond motifs is 2. The largest absolute Gasteiger partial charge is 0.490 e. The molecule has 240 valence electrons. The Morgan fingerprint density at radius 3 is 2.89 bits per heavy atom. The minimum Gasteiger partial charge on any atom is -0.490 e. The van der Waals surface area contributed by atoms with Gasteiger partial charge >= 0.3 is 6.09 Å². The maximum absolute atomic E-state index is 14.3. The van der Waals surface area contributed by atoms with E-state index < -0.39 is 11.9 Å². The van der Waals surface area contributed by atoms with Crippen LogP contribution < -0.4 is 15.4 Å². The van der Waals surface area contributed by atoms with Crippen molar-refractivity contribution >= 4 is 33.4 Å². The second-order valence-electron chi connectivity index (χ2n) is 11.2. The van der Waals surface area contributed by atoms with E-state index in [1.165, 1.54) is 29.3 Å². The van der Waals surface area contributed by atoms with Crippen molar-refractivity contribution in [3.05, 3.63) is 77.4 Å². The van der Waals surface area contributed by atoms with Gasteiger partial charge in [-0.2, -0.15) is 0 Å². The van der Waals surface area contributed by atoms with E-state index in [2.05, 4.69) is 45.6 Å². The van der Waals surface area contributed by atoms with Crippen LogP contribution in [0.25, 0.3) is 32.6 Å². The molecule has 1 unspecified atom stereocenters. The molecule has 2 aromatic heterocycles. The number of benzene rings is 2. The van der Waals surface area contributed by atoms with E-state index in [4.69, 9.17) is 14.2 Å². The molecule has 0 radical (unpaired) electrons. The molecule has 2 aliphatic heterocycles. The van der Waals surface area contributed by atoms with Crippen LogP contribution in [0.1, 0.15) is 24.0 Å². The zero-order valence-corrected chi connectivity index (χ0v) is 26.2. The van der Waals surface area contributed by atoms with Gasteiger partial charge in [-0.1, -0.05) is 18.7 Å². The van der Waals surface area contributed by atoms with Gasteiger partial charge in [-0.3, -0.25) is 4.79 Å². The Labute approximate surface area is 270 Å². The SMILES string of the molecule is C=CC(=O)N1CCCC(OC(=O)NCCOCCOc2cc(F)ccc2-c2nnc(-c3ccc4c(c3)CCNC4)c3ccsc23)C1. The van der Waals surface area contributed by atoms with Gasteiger partial charge in [0.25, 0.3) is 0 Å². The third-order valence-corrected chi connectivity index (χ3v) is 9.01. The van der Waals surface area contributed by atoms with E-state index in [9.17, 15) is 14.0 Å². The quantitative estimate of drug-likeness (QED) is 0.171. The first-order valence-corrected chi connectivity index (χ1v) is 16.3. The molecule has 1 saturated heterocycles. The first kappa shape index (κ1) is 31.6. The summed E-state index contributed by atoms with van der Waals surface area (Å²) in [6.07, 6.45) is 2.79. The average Bonchev–Trinajstić information content (AvgIpc) is 3.58. The predicted molar refractivity (Wildman–Crippen MR) is 174 cm³/mol. The van der Waals surface area contributed by atoms with E-state index in [-0.39, 0.29) is 38.4 Å². The van der Waals surface area contributed by atoms with Gasteiger partial charge in [0.1, 0.15) is 35.7 Å². The molecule has 10 nitrogen and oxygen atoms in total. The third kappa shape index (κ3) is 7.35. The highest BCUT2D eigenvalue weighted by molar-refractivity contribution is 7.17. The number of carbonyl (C=O) groups excluding carboxylic acids is 2. The van der Waals surface area contributed by atoms with Gasteiger partial charge in [-0.25, -0.2) is 9.18 Å². The zero-order valence-electron chi connectivity index (χ0n) is 25.4. The normalized spacial score (nSPS) is 16.1. The van der Waals surface area contributed by atoms with Gasteiger partial charge < -0.3 is 29.7 Å². The molecule has 2 aromatic carbocycles. The van der Waals surface area contributed by atoms with Crippen molar-refractivity contribution in [2.45, 2.75) is 31.9 Å². The van der Waals surface area contributed by atoms with Gasteiger partial charge in [-0.05, 0) is 72.7 Å². The number of carbonyl (C=O) groups is 2. The number of nitrogens with zero attached hydrogens (tertiary/aromatic N) is 3. The summed E-state index contributed by atoms with van der Waals surface area (Å²) in [6.45, 7) is 7.19. The van der Waals surface area contributed by atoms with E-state index >= 15 is 0 Å². The van der Waals surface area contributed by atoms with Crippen LogP contribution in [0.4, 0.5) is 9.18 Å². The maximum atomic E-state index is 14.3. The molecule has 0 saturated carbocycles. The molecule has 1 fully saturated rings. The van der Waals surface area contributed by atoms with Crippen molar-refractivity contribution in [2.24, 2.45) is 0 Å². The molecule has 6 rings (SSSR count). The number of thiophene rings is 1. The lowest BCUT2D eigenvalue weighted by atomic mass is 9.96. The first-order valence-electron chi connectivity index (χ1n) is 15.4. The summed E-state index contributed by atoms with van der Waals surface area (Å²) < 4.78 is 32.3. The monoisotopic (exact) mass is 645 g/mol. The van der Waals surface area contributed by atoms with Crippen LogP contribution in [0.2, 0.25) is 0 Å². The summed E-state index contributed by atoms with van der Waals surface area (Å²) in [5.41, 5.74) is 5.75. The fourth-order valence-corrected chi connectivity index (χ4v) is 6.69. The number of hydrogen-bond donors (Lipinski definition) is 2. The molecule has 2 aliphatic rings. The van der Waals surface area contributed by atoms with Gasteiger partial charge in [0.15, 0.2) is 0 Å². The molecule has 0 bridgehead atoms. The highest BCUT2D eigenvalue weighted by atomic mass is 32.1. The number of piperidine rings is 1. The summed E-state index contributed by atoms with van der Waals surface area (Å²) >= 11 is 1.56. The highest BCUT2D eigenvalue weighted by Gasteiger charge is 2.25. The highest BCUT2D eigenvalue weighted by Crippen LogP contribution is 2.39. The first-order chi connectivity index (χ1) is 22.5. The Balaban J connectivity index is 1.03. The lowest BCUT2D eigenvalue weighted by Gasteiger charge is -2.31. The minimum absolute atomic E-state index is 0.166. The van der Waals surface area contributed by atoms with Crippen LogP contribution in [0.5, 0.6) is 5.75 Å². The molecule has 12 heteroatoms. The predicted octanol–water partition coefficient (Wildman–Crippen LogP) is 5.11. The average molecular weight is 646 g/mol. The van der Waals surface area contributed by atoms with Crippen LogP contribution in [0, 0.1) is 5.82 Å². The number of ether oxygens (including phenoxy) is 3. The number of aromatic nitrogens is 2. The van der Waals surface area contributed by atoms with Crippen molar-refractivity contribution in [1.82, 2.24) is 25.7 Å². The molecule has 0 spiro atoms. The Morgan fingerprint density at radius 1 is 1.11 bits per heavy atom. The lowest BCUT2D eigenvalue weighted by Crippen LogP contribution is -2.44. The minimum atomic E-state index is -0.557.